The number of fused-ring (bicyclic) bond motifs is 1. The summed E-state index contributed by atoms with van der Waals surface area (Å²) in [5.74, 6) is -0.812. The van der Waals surface area contributed by atoms with E-state index in [4.69, 9.17) is 5.11 Å². The van der Waals surface area contributed by atoms with E-state index in [-0.39, 0.29) is 30.7 Å². The molecule has 3 heterocycles. The van der Waals surface area contributed by atoms with Gasteiger partial charge in [0.25, 0.3) is 0 Å². The summed E-state index contributed by atoms with van der Waals surface area (Å²) in [6, 6.07) is 4.17. The molecule has 1 fully saturated rings. The zero-order valence-electron chi connectivity index (χ0n) is 15.4. The molecule has 3 N–H and O–H groups in total. The summed E-state index contributed by atoms with van der Waals surface area (Å²) in [6.07, 6.45) is 4.35. The highest BCUT2D eigenvalue weighted by molar-refractivity contribution is 5.88. The van der Waals surface area contributed by atoms with E-state index < -0.39 is 5.97 Å². The van der Waals surface area contributed by atoms with E-state index in [1.165, 1.54) is 10.5 Å². The lowest BCUT2D eigenvalue weighted by Crippen LogP contribution is -2.45. The van der Waals surface area contributed by atoms with Gasteiger partial charge >= 0.3 is 5.97 Å². The summed E-state index contributed by atoms with van der Waals surface area (Å²) < 4.78 is 0. The van der Waals surface area contributed by atoms with E-state index in [0.717, 1.165) is 43.7 Å². The van der Waals surface area contributed by atoms with Crippen molar-refractivity contribution in [1.82, 2.24) is 15.2 Å². The van der Waals surface area contributed by atoms with Crippen LogP contribution in [0.1, 0.15) is 36.9 Å². The second kappa shape index (κ2) is 8.83. The van der Waals surface area contributed by atoms with Crippen molar-refractivity contribution in [2.75, 3.05) is 31.5 Å². The van der Waals surface area contributed by atoms with Gasteiger partial charge in [0.2, 0.25) is 11.8 Å². The Morgan fingerprint density at radius 2 is 2.22 bits per heavy atom. The number of carbonyl (C=O) groups is 3. The average molecular weight is 374 g/mol. The van der Waals surface area contributed by atoms with Crippen molar-refractivity contribution in [3.63, 3.8) is 0 Å². The van der Waals surface area contributed by atoms with Crippen LogP contribution in [0.15, 0.2) is 12.1 Å². The predicted octanol–water partition coefficient (Wildman–Crippen LogP) is 0.812. The van der Waals surface area contributed by atoms with Gasteiger partial charge in [0, 0.05) is 37.7 Å². The van der Waals surface area contributed by atoms with Crippen LogP contribution >= 0.6 is 0 Å². The fourth-order valence-electron chi connectivity index (χ4n) is 3.57. The second-order valence-electron chi connectivity index (χ2n) is 7.13. The van der Waals surface area contributed by atoms with Crippen molar-refractivity contribution in [3.8, 4) is 0 Å². The molecule has 0 bridgehead atoms. The Labute approximate surface area is 158 Å². The zero-order valence-corrected chi connectivity index (χ0v) is 15.4. The van der Waals surface area contributed by atoms with Gasteiger partial charge in [-0.1, -0.05) is 6.07 Å². The number of carboxylic acids is 1. The number of likely N-dealkylation sites (tertiary alicyclic amines) is 1. The molecule has 3 rings (SSSR count). The van der Waals surface area contributed by atoms with Gasteiger partial charge in [0.05, 0.1) is 0 Å². The van der Waals surface area contributed by atoms with E-state index in [1.807, 2.05) is 6.07 Å². The predicted molar refractivity (Wildman–Crippen MR) is 99.3 cm³/mol. The number of aryl methyl sites for hydroxylation is 2. The van der Waals surface area contributed by atoms with Crippen molar-refractivity contribution in [2.45, 2.75) is 38.5 Å². The minimum atomic E-state index is -1.03. The number of rotatable bonds is 7. The first-order valence-corrected chi connectivity index (χ1v) is 9.53. The molecule has 0 aromatic carbocycles. The molecule has 1 unspecified atom stereocenters. The number of carboxylic acid groups (broad SMARTS) is 1. The van der Waals surface area contributed by atoms with Crippen LogP contribution in [-0.4, -0.2) is 59.0 Å². The Hall–Kier alpha value is -2.64. The number of nitrogens with zero attached hydrogens (tertiary/aromatic N) is 2. The highest BCUT2D eigenvalue weighted by Gasteiger charge is 2.31. The number of pyridine rings is 1. The van der Waals surface area contributed by atoms with Crippen LogP contribution in [-0.2, 0) is 27.2 Å². The number of amides is 2. The van der Waals surface area contributed by atoms with Gasteiger partial charge in [-0.15, -0.1) is 0 Å². The maximum atomic E-state index is 12.3. The van der Waals surface area contributed by atoms with Crippen LogP contribution in [0, 0.1) is 5.92 Å². The summed E-state index contributed by atoms with van der Waals surface area (Å²) in [4.78, 5) is 40.8. The van der Waals surface area contributed by atoms with Crippen LogP contribution in [0.3, 0.4) is 0 Å². The molecule has 8 heteroatoms. The highest BCUT2D eigenvalue weighted by atomic mass is 16.4. The number of hydrogen-bond acceptors (Lipinski definition) is 5. The molecule has 27 heavy (non-hydrogen) atoms. The summed E-state index contributed by atoms with van der Waals surface area (Å²) in [6.45, 7) is 1.52. The monoisotopic (exact) mass is 374 g/mol. The molecule has 0 spiro atoms. The van der Waals surface area contributed by atoms with Gasteiger partial charge in [-0.3, -0.25) is 14.4 Å². The van der Waals surface area contributed by atoms with Crippen LogP contribution < -0.4 is 10.6 Å². The lowest BCUT2D eigenvalue weighted by atomic mass is 9.95. The number of hydrogen-bond donors (Lipinski definition) is 3. The van der Waals surface area contributed by atoms with E-state index in [0.29, 0.717) is 19.5 Å². The van der Waals surface area contributed by atoms with Crippen LogP contribution in [0.4, 0.5) is 5.82 Å². The third-order valence-corrected chi connectivity index (χ3v) is 5.08. The lowest BCUT2D eigenvalue weighted by molar-refractivity contribution is -0.147. The van der Waals surface area contributed by atoms with Crippen LogP contribution in [0.2, 0.25) is 0 Å². The summed E-state index contributed by atoms with van der Waals surface area (Å²) in [5.41, 5.74) is 2.27. The van der Waals surface area contributed by atoms with Gasteiger partial charge in [-0.05, 0) is 43.7 Å². The topological polar surface area (TPSA) is 112 Å². The third-order valence-electron chi connectivity index (χ3n) is 5.08. The Morgan fingerprint density at radius 1 is 1.37 bits per heavy atom. The van der Waals surface area contributed by atoms with Crippen molar-refractivity contribution in [1.29, 1.82) is 0 Å². The quantitative estimate of drug-likeness (QED) is 0.609. The molecule has 146 valence electrons. The average Bonchev–Trinajstić information content (AvgIpc) is 2.66. The number of piperidine rings is 1. The molecule has 0 saturated carbocycles. The van der Waals surface area contributed by atoms with Gasteiger partial charge in [0.15, 0.2) is 0 Å². The molecule has 2 aliphatic heterocycles. The van der Waals surface area contributed by atoms with E-state index in [2.05, 4.69) is 21.7 Å². The molecule has 1 aromatic rings. The standard InChI is InChI=1S/C19H26N4O4/c24-16-11-14(7-10-23(16)12-17(25)26)19(27)21-9-2-4-15-6-5-13-3-1-8-20-18(13)22-15/h5-6,14H,1-4,7-12H2,(H,20,22)(H,21,27)(H,25,26). The highest BCUT2D eigenvalue weighted by Crippen LogP contribution is 2.20. The van der Waals surface area contributed by atoms with Crippen LogP contribution in [0.25, 0.3) is 0 Å². The van der Waals surface area contributed by atoms with E-state index in [1.54, 1.807) is 0 Å². The summed E-state index contributed by atoms with van der Waals surface area (Å²) in [5, 5.41) is 15.0. The van der Waals surface area contributed by atoms with E-state index >= 15 is 0 Å². The first-order chi connectivity index (χ1) is 13.0. The molecule has 0 radical (unpaired) electrons. The molecule has 1 aromatic heterocycles. The van der Waals surface area contributed by atoms with Gasteiger partial charge in [0.1, 0.15) is 12.4 Å². The van der Waals surface area contributed by atoms with Crippen molar-refractivity contribution >= 4 is 23.6 Å². The third kappa shape index (κ3) is 5.18. The molecule has 8 nitrogen and oxygen atoms in total. The van der Waals surface area contributed by atoms with E-state index in [9.17, 15) is 14.4 Å². The number of aliphatic carboxylic acids is 1. The molecule has 2 aliphatic rings. The Balaban J connectivity index is 1.39. The lowest BCUT2D eigenvalue weighted by Gasteiger charge is -2.29. The minimum absolute atomic E-state index is 0.0805. The summed E-state index contributed by atoms with van der Waals surface area (Å²) >= 11 is 0. The Kier molecular flexibility index (Phi) is 6.26. The molecular formula is C19H26N4O4. The first-order valence-electron chi connectivity index (χ1n) is 9.53. The number of nitrogens with one attached hydrogen (secondary N) is 2. The fraction of sp³-hybridized carbons (Fsp3) is 0.579. The Bertz CT molecular complexity index is 722. The Morgan fingerprint density at radius 3 is 3.00 bits per heavy atom. The van der Waals surface area contributed by atoms with Crippen LogP contribution in [0.5, 0.6) is 0 Å². The van der Waals surface area contributed by atoms with Gasteiger partial charge in [-0.25, -0.2) is 4.98 Å². The maximum absolute atomic E-state index is 12.3. The molecule has 1 atom stereocenters. The SMILES string of the molecule is O=C(O)CN1CCC(C(=O)NCCCc2ccc3c(n2)NCCC3)CC1=O. The van der Waals surface area contributed by atoms with Gasteiger partial charge < -0.3 is 20.6 Å². The van der Waals surface area contributed by atoms with Crippen molar-refractivity contribution in [3.05, 3.63) is 23.4 Å². The largest absolute Gasteiger partial charge is 0.480 e. The zero-order chi connectivity index (χ0) is 19.2. The molecular weight excluding hydrogens is 348 g/mol. The smallest absolute Gasteiger partial charge is 0.323 e. The number of carbonyl (C=O) groups excluding carboxylic acids is 2. The summed E-state index contributed by atoms with van der Waals surface area (Å²) in [7, 11) is 0. The minimum Gasteiger partial charge on any atom is -0.480 e. The second-order valence-corrected chi connectivity index (χ2v) is 7.13. The van der Waals surface area contributed by atoms with Gasteiger partial charge in [-0.2, -0.15) is 0 Å². The number of anilines is 1. The normalized spacial score (nSPS) is 19.2. The number of aromatic nitrogens is 1. The van der Waals surface area contributed by atoms with Crippen molar-refractivity contribution < 1.29 is 19.5 Å². The maximum Gasteiger partial charge on any atom is 0.323 e. The van der Waals surface area contributed by atoms with Crippen molar-refractivity contribution in [2.24, 2.45) is 5.92 Å². The molecule has 1 saturated heterocycles. The first kappa shape index (κ1) is 19.1. The molecule has 0 aliphatic carbocycles. The molecule has 2 amide bonds. The fourth-order valence-corrected chi connectivity index (χ4v) is 3.57.